The van der Waals surface area contributed by atoms with E-state index in [9.17, 15) is 14.7 Å². The number of carbonyl (C=O) groups is 2. The van der Waals surface area contributed by atoms with Gasteiger partial charge in [0.15, 0.2) is 5.54 Å². The van der Waals surface area contributed by atoms with Crippen LogP contribution in [0.3, 0.4) is 0 Å². The highest BCUT2D eigenvalue weighted by molar-refractivity contribution is 5.88. The van der Waals surface area contributed by atoms with Crippen molar-refractivity contribution in [1.29, 1.82) is 0 Å². The Morgan fingerprint density at radius 1 is 1.35 bits per heavy atom. The van der Waals surface area contributed by atoms with Gasteiger partial charge in [0, 0.05) is 6.54 Å². The Morgan fingerprint density at radius 3 is 2.60 bits per heavy atom. The third kappa shape index (κ3) is 2.99. The first-order valence-corrected chi connectivity index (χ1v) is 6.85. The second-order valence-electron chi connectivity index (χ2n) is 5.33. The number of carboxylic acid groups (broad SMARTS) is 1. The molecular weight excluding hydrogens is 256 g/mol. The van der Waals surface area contributed by atoms with E-state index in [2.05, 4.69) is 10.6 Å². The minimum Gasteiger partial charge on any atom is -0.479 e. The van der Waals surface area contributed by atoms with Crippen LogP contribution >= 0.6 is 0 Å². The molecule has 0 radical (unpaired) electrons. The molecule has 5 heteroatoms. The number of benzene rings is 1. The van der Waals surface area contributed by atoms with Gasteiger partial charge in [0.05, 0.1) is 5.92 Å². The molecule has 1 aliphatic rings. The van der Waals surface area contributed by atoms with Gasteiger partial charge < -0.3 is 15.7 Å². The number of amides is 1. The first-order chi connectivity index (χ1) is 9.54. The third-order valence-corrected chi connectivity index (χ3v) is 3.82. The lowest BCUT2D eigenvalue weighted by Crippen LogP contribution is -2.53. The van der Waals surface area contributed by atoms with E-state index in [1.54, 1.807) is 24.3 Å². The van der Waals surface area contributed by atoms with Gasteiger partial charge in [-0.25, -0.2) is 4.79 Å². The molecule has 0 aliphatic carbocycles. The molecular formula is C15H20N2O3. The lowest BCUT2D eigenvalue weighted by molar-refractivity contribution is -0.148. The molecule has 0 aromatic heterocycles. The number of aliphatic carboxylic acids is 1. The van der Waals surface area contributed by atoms with Crippen molar-refractivity contribution in [1.82, 2.24) is 10.6 Å². The second-order valence-corrected chi connectivity index (χ2v) is 5.33. The number of carboxylic acids is 1. The summed E-state index contributed by atoms with van der Waals surface area (Å²) in [5.41, 5.74) is -0.819. The summed E-state index contributed by atoms with van der Waals surface area (Å²) in [6.45, 7) is 3.05. The lowest BCUT2D eigenvalue weighted by Gasteiger charge is -2.30. The van der Waals surface area contributed by atoms with Crippen molar-refractivity contribution in [2.24, 2.45) is 5.92 Å². The van der Waals surface area contributed by atoms with Crippen LogP contribution in [0, 0.1) is 5.92 Å². The van der Waals surface area contributed by atoms with E-state index in [1.165, 1.54) is 6.92 Å². The molecule has 1 unspecified atom stereocenters. The average molecular weight is 276 g/mol. The Bertz CT molecular complexity index is 483. The normalized spacial score (nSPS) is 21.8. The first kappa shape index (κ1) is 14.5. The predicted octanol–water partition coefficient (Wildman–Crippen LogP) is 1.10. The zero-order valence-electron chi connectivity index (χ0n) is 11.6. The molecule has 0 saturated carbocycles. The molecule has 1 heterocycles. The minimum absolute atomic E-state index is 0.161. The van der Waals surface area contributed by atoms with Crippen LogP contribution in [0.25, 0.3) is 0 Å². The van der Waals surface area contributed by atoms with E-state index < -0.39 is 11.5 Å². The maximum Gasteiger partial charge on any atom is 0.333 e. The largest absolute Gasteiger partial charge is 0.479 e. The van der Waals surface area contributed by atoms with E-state index in [1.807, 2.05) is 6.07 Å². The summed E-state index contributed by atoms with van der Waals surface area (Å²) in [7, 11) is 0. The Hall–Kier alpha value is -1.88. The van der Waals surface area contributed by atoms with Crippen molar-refractivity contribution in [3.05, 3.63) is 35.9 Å². The summed E-state index contributed by atoms with van der Waals surface area (Å²) >= 11 is 0. The molecule has 5 nitrogen and oxygen atoms in total. The highest BCUT2D eigenvalue weighted by Gasteiger charge is 2.38. The van der Waals surface area contributed by atoms with Gasteiger partial charge in [0.25, 0.3) is 0 Å². The molecule has 2 atom stereocenters. The van der Waals surface area contributed by atoms with Crippen LogP contribution in [0.1, 0.15) is 25.3 Å². The number of carbonyl (C=O) groups excluding carboxylic acids is 1. The molecule has 1 saturated heterocycles. The highest BCUT2D eigenvalue weighted by Crippen LogP contribution is 2.22. The van der Waals surface area contributed by atoms with Crippen molar-refractivity contribution >= 4 is 11.9 Å². The molecule has 2 rings (SSSR count). The number of nitrogens with one attached hydrogen (secondary N) is 2. The highest BCUT2D eigenvalue weighted by atomic mass is 16.4. The van der Waals surface area contributed by atoms with Crippen molar-refractivity contribution in [3.63, 3.8) is 0 Å². The van der Waals surface area contributed by atoms with E-state index >= 15 is 0 Å². The minimum atomic E-state index is -1.39. The van der Waals surface area contributed by atoms with Crippen molar-refractivity contribution in [3.8, 4) is 0 Å². The third-order valence-electron chi connectivity index (χ3n) is 3.82. The summed E-state index contributed by atoms with van der Waals surface area (Å²) in [6.07, 6.45) is 1.73. The zero-order valence-corrected chi connectivity index (χ0v) is 11.6. The number of rotatable bonds is 4. The van der Waals surface area contributed by atoms with Gasteiger partial charge in [-0.2, -0.15) is 0 Å². The summed E-state index contributed by atoms with van der Waals surface area (Å²) in [4.78, 5) is 23.9. The maximum absolute atomic E-state index is 12.3. The lowest BCUT2D eigenvalue weighted by atomic mass is 9.90. The van der Waals surface area contributed by atoms with E-state index in [0.717, 1.165) is 19.4 Å². The van der Waals surface area contributed by atoms with Crippen molar-refractivity contribution in [2.75, 3.05) is 13.1 Å². The van der Waals surface area contributed by atoms with Gasteiger partial charge in [-0.1, -0.05) is 30.3 Å². The molecule has 3 N–H and O–H groups in total. The molecule has 1 aromatic rings. The van der Waals surface area contributed by atoms with E-state index in [-0.39, 0.29) is 11.8 Å². The van der Waals surface area contributed by atoms with E-state index in [0.29, 0.717) is 12.1 Å². The second kappa shape index (κ2) is 6.05. The molecule has 1 aromatic carbocycles. The monoisotopic (exact) mass is 276 g/mol. The van der Waals surface area contributed by atoms with Crippen LogP contribution in [0.5, 0.6) is 0 Å². The smallest absolute Gasteiger partial charge is 0.333 e. The van der Waals surface area contributed by atoms with Crippen LogP contribution in [0.15, 0.2) is 30.3 Å². The number of hydrogen-bond donors (Lipinski definition) is 3. The Labute approximate surface area is 118 Å². The van der Waals surface area contributed by atoms with Crippen molar-refractivity contribution < 1.29 is 14.7 Å². The van der Waals surface area contributed by atoms with Crippen LogP contribution in [-0.4, -0.2) is 30.1 Å². The zero-order chi connectivity index (χ0) is 14.6. The predicted molar refractivity (Wildman–Crippen MR) is 75.2 cm³/mol. The van der Waals surface area contributed by atoms with Gasteiger partial charge in [-0.3, -0.25) is 4.79 Å². The summed E-state index contributed by atoms with van der Waals surface area (Å²) < 4.78 is 0. The van der Waals surface area contributed by atoms with Gasteiger partial charge in [0.1, 0.15) is 0 Å². The molecule has 20 heavy (non-hydrogen) atoms. The van der Waals surface area contributed by atoms with E-state index in [4.69, 9.17) is 0 Å². The van der Waals surface area contributed by atoms with Gasteiger partial charge in [-0.15, -0.1) is 0 Å². The molecule has 108 valence electrons. The Kier molecular flexibility index (Phi) is 4.39. The van der Waals surface area contributed by atoms with Crippen LogP contribution in [-0.2, 0) is 15.1 Å². The molecule has 0 bridgehead atoms. The first-order valence-electron chi connectivity index (χ1n) is 6.85. The Balaban J connectivity index is 2.17. The topological polar surface area (TPSA) is 78.4 Å². The number of hydrogen-bond acceptors (Lipinski definition) is 3. The summed E-state index contributed by atoms with van der Waals surface area (Å²) in [5, 5.41) is 15.4. The fourth-order valence-corrected chi connectivity index (χ4v) is 2.44. The summed E-state index contributed by atoms with van der Waals surface area (Å²) in [5.74, 6) is -1.42. The van der Waals surface area contributed by atoms with Gasteiger partial charge >= 0.3 is 5.97 Å². The maximum atomic E-state index is 12.3. The average Bonchev–Trinajstić information content (AvgIpc) is 2.48. The molecule has 1 aliphatic heterocycles. The summed E-state index contributed by atoms with van der Waals surface area (Å²) in [6, 6.07) is 8.79. The fraction of sp³-hybridized carbons (Fsp3) is 0.467. The number of piperidine rings is 1. The van der Waals surface area contributed by atoms with Crippen LogP contribution in [0.2, 0.25) is 0 Å². The van der Waals surface area contributed by atoms with Crippen molar-refractivity contribution in [2.45, 2.75) is 25.3 Å². The SMILES string of the molecule is CC(NC(=O)[C@H]1CCCNC1)(C(=O)O)c1ccccc1. The fourth-order valence-electron chi connectivity index (χ4n) is 2.44. The van der Waals surface area contributed by atoms with Crippen LogP contribution in [0.4, 0.5) is 0 Å². The van der Waals surface area contributed by atoms with Gasteiger partial charge in [-0.05, 0) is 31.9 Å². The quantitative estimate of drug-likeness (QED) is 0.769. The van der Waals surface area contributed by atoms with Crippen LogP contribution < -0.4 is 10.6 Å². The molecule has 1 fully saturated rings. The van der Waals surface area contributed by atoms with Gasteiger partial charge in [0.2, 0.25) is 5.91 Å². The molecule has 1 amide bonds. The Morgan fingerprint density at radius 2 is 2.05 bits per heavy atom. The standard InChI is InChI=1S/C15H20N2O3/c1-15(14(19)20,12-7-3-2-4-8-12)17-13(18)11-6-5-9-16-10-11/h2-4,7-8,11,16H,5-6,9-10H2,1H3,(H,17,18)(H,19,20)/t11-,15?/m0/s1. The molecule has 0 spiro atoms.